The Bertz CT molecular complexity index is 789. The molecule has 0 aromatic heterocycles. The summed E-state index contributed by atoms with van der Waals surface area (Å²) in [5, 5.41) is 2.79. The van der Waals surface area contributed by atoms with Crippen LogP contribution in [0, 0.1) is 6.92 Å². The van der Waals surface area contributed by atoms with Crippen LogP contribution in [-0.4, -0.2) is 12.5 Å². The first-order valence-electron chi connectivity index (χ1n) is 7.83. The van der Waals surface area contributed by atoms with Gasteiger partial charge >= 0.3 is 6.18 Å². The molecule has 0 aliphatic carbocycles. The standard InChI is InChI=1S/C19H21F3N2O.ClH/c1-12-7-8-15(23)10-16(12)17(25)24-11-18(2,3)13-5-4-6-14(9-13)19(20,21)22;/h4-10H,11,23H2,1-3H3,(H,24,25);1H. The van der Waals surface area contributed by atoms with Crippen molar-refractivity contribution in [3.8, 4) is 0 Å². The van der Waals surface area contributed by atoms with Crippen LogP contribution in [0.5, 0.6) is 0 Å². The number of benzene rings is 2. The number of rotatable bonds is 4. The average molecular weight is 387 g/mol. The van der Waals surface area contributed by atoms with Crippen molar-refractivity contribution in [3.63, 3.8) is 0 Å². The number of carbonyl (C=O) groups is 1. The van der Waals surface area contributed by atoms with Gasteiger partial charge in [-0.1, -0.05) is 38.1 Å². The van der Waals surface area contributed by atoms with E-state index in [0.717, 1.165) is 17.7 Å². The minimum atomic E-state index is -4.39. The molecule has 2 aromatic rings. The van der Waals surface area contributed by atoms with Crippen LogP contribution < -0.4 is 11.1 Å². The second-order valence-electron chi connectivity index (χ2n) is 6.72. The Morgan fingerprint density at radius 1 is 1.08 bits per heavy atom. The highest BCUT2D eigenvalue weighted by atomic mass is 35.5. The van der Waals surface area contributed by atoms with Gasteiger partial charge in [-0.05, 0) is 36.2 Å². The van der Waals surface area contributed by atoms with E-state index in [4.69, 9.17) is 5.73 Å². The summed E-state index contributed by atoms with van der Waals surface area (Å²) in [6.45, 7) is 5.57. The fourth-order valence-electron chi connectivity index (χ4n) is 2.50. The number of hydrogen-bond donors (Lipinski definition) is 2. The van der Waals surface area contributed by atoms with Gasteiger partial charge in [-0.15, -0.1) is 12.4 Å². The summed E-state index contributed by atoms with van der Waals surface area (Å²) < 4.78 is 38.7. The number of amides is 1. The van der Waals surface area contributed by atoms with E-state index in [1.807, 2.05) is 0 Å². The molecule has 7 heteroatoms. The summed E-state index contributed by atoms with van der Waals surface area (Å²) in [6.07, 6.45) is -4.39. The van der Waals surface area contributed by atoms with Gasteiger partial charge in [0, 0.05) is 23.2 Å². The van der Waals surface area contributed by atoms with E-state index in [1.165, 1.54) is 6.07 Å². The molecule has 3 N–H and O–H groups in total. The van der Waals surface area contributed by atoms with Gasteiger partial charge in [0.1, 0.15) is 0 Å². The summed E-state index contributed by atoms with van der Waals surface area (Å²) in [5.41, 5.74) is 6.57. The Morgan fingerprint density at radius 2 is 1.69 bits per heavy atom. The fourth-order valence-corrected chi connectivity index (χ4v) is 2.50. The van der Waals surface area contributed by atoms with Gasteiger partial charge < -0.3 is 11.1 Å². The number of carbonyl (C=O) groups excluding carboxylic acids is 1. The van der Waals surface area contributed by atoms with Crippen molar-refractivity contribution >= 4 is 24.0 Å². The monoisotopic (exact) mass is 386 g/mol. The molecule has 0 spiro atoms. The SMILES string of the molecule is Cc1ccc(N)cc1C(=O)NCC(C)(C)c1cccc(C(F)(F)F)c1.Cl. The molecule has 0 bridgehead atoms. The molecule has 0 fully saturated rings. The first-order chi connectivity index (χ1) is 11.5. The molecule has 3 nitrogen and oxygen atoms in total. The highest BCUT2D eigenvalue weighted by Gasteiger charge is 2.32. The lowest BCUT2D eigenvalue weighted by Crippen LogP contribution is -2.37. The molecule has 0 heterocycles. The summed E-state index contributed by atoms with van der Waals surface area (Å²) >= 11 is 0. The van der Waals surface area contributed by atoms with Crippen molar-refractivity contribution in [2.24, 2.45) is 0 Å². The van der Waals surface area contributed by atoms with Crippen LogP contribution in [0.2, 0.25) is 0 Å². The molecule has 0 aliphatic rings. The molecule has 0 radical (unpaired) electrons. The van der Waals surface area contributed by atoms with Gasteiger partial charge in [-0.25, -0.2) is 0 Å². The third-order valence-electron chi connectivity index (χ3n) is 4.17. The maximum absolute atomic E-state index is 12.9. The number of nitrogen functional groups attached to an aromatic ring is 1. The van der Waals surface area contributed by atoms with E-state index in [9.17, 15) is 18.0 Å². The lowest BCUT2D eigenvalue weighted by Gasteiger charge is -2.26. The number of alkyl halides is 3. The normalized spacial score (nSPS) is 11.6. The summed E-state index contributed by atoms with van der Waals surface area (Å²) in [4.78, 5) is 12.4. The predicted molar refractivity (Wildman–Crippen MR) is 99.6 cm³/mol. The molecular formula is C19H22ClF3N2O. The van der Waals surface area contributed by atoms with E-state index >= 15 is 0 Å². The second-order valence-corrected chi connectivity index (χ2v) is 6.72. The molecule has 0 saturated carbocycles. The Labute approximate surface area is 157 Å². The van der Waals surface area contributed by atoms with Gasteiger partial charge in [-0.2, -0.15) is 13.2 Å². The van der Waals surface area contributed by atoms with Gasteiger partial charge in [-0.3, -0.25) is 4.79 Å². The van der Waals surface area contributed by atoms with Gasteiger partial charge in [0.15, 0.2) is 0 Å². The Morgan fingerprint density at radius 3 is 2.31 bits per heavy atom. The van der Waals surface area contributed by atoms with E-state index in [0.29, 0.717) is 16.8 Å². The molecular weight excluding hydrogens is 365 g/mol. The van der Waals surface area contributed by atoms with Crippen LogP contribution in [0.4, 0.5) is 18.9 Å². The summed E-state index contributed by atoms with van der Waals surface area (Å²) in [5.74, 6) is -0.301. The smallest absolute Gasteiger partial charge is 0.399 e. The summed E-state index contributed by atoms with van der Waals surface area (Å²) in [7, 11) is 0. The lowest BCUT2D eigenvalue weighted by atomic mass is 9.83. The lowest BCUT2D eigenvalue weighted by molar-refractivity contribution is -0.137. The van der Waals surface area contributed by atoms with Crippen molar-refractivity contribution in [2.75, 3.05) is 12.3 Å². The van der Waals surface area contributed by atoms with Crippen LogP contribution in [0.3, 0.4) is 0 Å². The quantitative estimate of drug-likeness (QED) is 0.746. The van der Waals surface area contributed by atoms with Gasteiger partial charge in [0.05, 0.1) is 5.56 Å². The molecule has 0 unspecified atom stereocenters. The third kappa shape index (κ3) is 5.14. The van der Waals surface area contributed by atoms with E-state index in [1.54, 1.807) is 45.0 Å². The zero-order valence-electron chi connectivity index (χ0n) is 14.8. The van der Waals surface area contributed by atoms with Crippen molar-refractivity contribution in [2.45, 2.75) is 32.4 Å². The minimum absolute atomic E-state index is 0. The molecule has 26 heavy (non-hydrogen) atoms. The minimum Gasteiger partial charge on any atom is -0.399 e. The molecule has 142 valence electrons. The first kappa shape index (κ1) is 21.8. The number of nitrogens with two attached hydrogens (primary N) is 1. The molecule has 0 atom stereocenters. The molecule has 1 amide bonds. The second kappa shape index (κ2) is 7.99. The van der Waals surface area contributed by atoms with Crippen LogP contribution in [-0.2, 0) is 11.6 Å². The van der Waals surface area contributed by atoms with Gasteiger partial charge in [0.25, 0.3) is 5.91 Å². The van der Waals surface area contributed by atoms with Crippen LogP contribution in [0.25, 0.3) is 0 Å². The maximum atomic E-state index is 12.9. The molecule has 0 saturated heterocycles. The summed E-state index contributed by atoms with van der Waals surface area (Å²) in [6, 6.07) is 10.2. The zero-order chi connectivity index (χ0) is 18.8. The fraction of sp³-hybridized carbons (Fsp3) is 0.316. The first-order valence-corrected chi connectivity index (χ1v) is 7.83. The Balaban J connectivity index is 0.00000338. The maximum Gasteiger partial charge on any atom is 0.416 e. The largest absolute Gasteiger partial charge is 0.416 e. The molecule has 0 aliphatic heterocycles. The zero-order valence-corrected chi connectivity index (χ0v) is 15.6. The van der Waals surface area contributed by atoms with E-state index in [2.05, 4.69) is 5.32 Å². The van der Waals surface area contributed by atoms with Crippen molar-refractivity contribution in [1.82, 2.24) is 5.32 Å². The number of halogens is 4. The van der Waals surface area contributed by atoms with Crippen LogP contribution in [0.1, 0.15) is 40.9 Å². The van der Waals surface area contributed by atoms with E-state index in [-0.39, 0.29) is 24.9 Å². The van der Waals surface area contributed by atoms with Gasteiger partial charge in [0.2, 0.25) is 0 Å². The average Bonchev–Trinajstić information content (AvgIpc) is 2.54. The third-order valence-corrected chi connectivity index (χ3v) is 4.17. The van der Waals surface area contributed by atoms with Crippen LogP contribution in [0.15, 0.2) is 42.5 Å². The Kier molecular flexibility index (Phi) is 6.71. The number of aryl methyl sites for hydroxylation is 1. The number of hydrogen-bond acceptors (Lipinski definition) is 2. The van der Waals surface area contributed by atoms with Crippen LogP contribution >= 0.6 is 12.4 Å². The number of anilines is 1. The molecule has 2 aromatic carbocycles. The highest BCUT2D eigenvalue weighted by molar-refractivity contribution is 5.96. The number of nitrogens with one attached hydrogen (secondary N) is 1. The highest BCUT2D eigenvalue weighted by Crippen LogP contribution is 2.32. The van der Waals surface area contributed by atoms with Crippen molar-refractivity contribution in [3.05, 3.63) is 64.7 Å². The molecule has 2 rings (SSSR count). The van der Waals surface area contributed by atoms with E-state index < -0.39 is 17.2 Å². The Hall–Kier alpha value is -2.21. The van der Waals surface area contributed by atoms with Crippen molar-refractivity contribution in [1.29, 1.82) is 0 Å². The topological polar surface area (TPSA) is 55.1 Å². The predicted octanol–water partition coefficient (Wildman–Crippen LogP) is 4.73. The van der Waals surface area contributed by atoms with Crippen molar-refractivity contribution < 1.29 is 18.0 Å².